The number of hydrogen-bond acceptors (Lipinski definition) is 3. The fraction of sp³-hybridized carbons (Fsp3) is 0.700. The van der Waals surface area contributed by atoms with Crippen LogP contribution in [0.5, 0.6) is 0 Å². The van der Waals surface area contributed by atoms with Crippen molar-refractivity contribution in [2.75, 3.05) is 0 Å². The average molecular weight is 196 g/mol. The van der Waals surface area contributed by atoms with Gasteiger partial charge in [-0.2, -0.15) is 0 Å². The van der Waals surface area contributed by atoms with Crippen LogP contribution >= 0.6 is 11.3 Å². The Morgan fingerprint density at radius 3 is 2.77 bits per heavy atom. The Morgan fingerprint density at radius 2 is 2.31 bits per heavy atom. The highest BCUT2D eigenvalue weighted by Crippen LogP contribution is 2.30. The molecule has 2 rings (SSSR count). The molecule has 0 radical (unpaired) electrons. The fourth-order valence-corrected chi connectivity index (χ4v) is 2.82. The van der Waals surface area contributed by atoms with Crippen molar-refractivity contribution in [1.82, 2.24) is 10.3 Å². The highest BCUT2D eigenvalue weighted by Gasteiger charge is 2.30. The summed E-state index contributed by atoms with van der Waals surface area (Å²) >= 11 is 1.76. The van der Waals surface area contributed by atoms with Crippen LogP contribution < -0.4 is 5.32 Å². The summed E-state index contributed by atoms with van der Waals surface area (Å²) in [6.07, 6.45) is 1.23. The summed E-state index contributed by atoms with van der Waals surface area (Å²) in [7, 11) is 0. The van der Waals surface area contributed by atoms with E-state index < -0.39 is 0 Å². The van der Waals surface area contributed by atoms with Crippen molar-refractivity contribution in [3.05, 3.63) is 16.1 Å². The van der Waals surface area contributed by atoms with Crippen LogP contribution in [0, 0.1) is 6.92 Å². The molecule has 3 atom stereocenters. The highest BCUT2D eigenvalue weighted by molar-refractivity contribution is 7.09. The van der Waals surface area contributed by atoms with Gasteiger partial charge in [0.1, 0.15) is 0 Å². The molecule has 0 amide bonds. The molecule has 3 heteroatoms. The quantitative estimate of drug-likeness (QED) is 0.745. The molecule has 1 fully saturated rings. The molecule has 1 aliphatic rings. The third-order valence-corrected chi connectivity index (χ3v) is 3.57. The van der Waals surface area contributed by atoms with E-state index in [9.17, 15) is 0 Å². The van der Waals surface area contributed by atoms with Gasteiger partial charge in [-0.25, -0.2) is 4.98 Å². The molecule has 2 nitrogen and oxygen atoms in total. The van der Waals surface area contributed by atoms with E-state index in [1.165, 1.54) is 17.1 Å². The number of nitrogens with one attached hydrogen (secondary N) is 1. The molecule has 1 aromatic heterocycles. The minimum atomic E-state index is 0.580. The van der Waals surface area contributed by atoms with Gasteiger partial charge in [0, 0.05) is 23.4 Å². The summed E-state index contributed by atoms with van der Waals surface area (Å²) in [5.74, 6) is 0.625. The van der Waals surface area contributed by atoms with E-state index in [1.54, 1.807) is 11.3 Å². The number of hydrogen-bond donors (Lipinski definition) is 1. The number of aromatic nitrogens is 1. The molecule has 72 valence electrons. The van der Waals surface area contributed by atoms with Gasteiger partial charge in [0.05, 0.1) is 10.7 Å². The van der Waals surface area contributed by atoms with Crippen LogP contribution in [0.25, 0.3) is 0 Å². The Bertz CT molecular complexity index is 295. The summed E-state index contributed by atoms with van der Waals surface area (Å²) < 4.78 is 0. The number of aryl methyl sites for hydroxylation is 1. The standard InChI is InChI=1S/C10H16N2S/c1-6-4-9(7(2)11-6)10-5-13-8(3)12-10/h5-7,9,11H,4H2,1-3H3. The number of nitrogens with zero attached hydrogens (tertiary/aromatic N) is 1. The van der Waals surface area contributed by atoms with Gasteiger partial charge in [0.25, 0.3) is 0 Å². The maximum atomic E-state index is 4.56. The largest absolute Gasteiger partial charge is 0.311 e. The molecule has 0 aliphatic carbocycles. The molecule has 0 spiro atoms. The van der Waals surface area contributed by atoms with E-state index in [4.69, 9.17) is 0 Å². The first-order chi connectivity index (χ1) is 6.16. The van der Waals surface area contributed by atoms with Crippen LogP contribution in [0.15, 0.2) is 5.38 Å². The molecule has 1 saturated heterocycles. The van der Waals surface area contributed by atoms with E-state index in [0.29, 0.717) is 18.0 Å². The Hall–Kier alpha value is -0.410. The van der Waals surface area contributed by atoms with Crippen LogP contribution in [-0.4, -0.2) is 17.1 Å². The lowest BCUT2D eigenvalue weighted by Gasteiger charge is -2.11. The van der Waals surface area contributed by atoms with Crippen LogP contribution in [-0.2, 0) is 0 Å². The van der Waals surface area contributed by atoms with E-state index in [-0.39, 0.29) is 0 Å². The van der Waals surface area contributed by atoms with Crippen molar-refractivity contribution in [2.45, 2.75) is 45.2 Å². The Morgan fingerprint density at radius 1 is 1.54 bits per heavy atom. The van der Waals surface area contributed by atoms with E-state index in [2.05, 4.69) is 36.5 Å². The van der Waals surface area contributed by atoms with Gasteiger partial charge < -0.3 is 5.32 Å². The predicted molar refractivity (Wildman–Crippen MR) is 56.3 cm³/mol. The van der Waals surface area contributed by atoms with Crippen molar-refractivity contribution < 1.29 is 0 Å². The minimum absolute atomic E-state index is 0.580. The Labute approximate surface area is 83.4 Å². The van der Waals surface area contributed by atoms with Crippen molar-refractivity contribution in [3.8, 4) is 0 Å². The van der Waals surface area contributed by atoms with Crippen LogP contribution in [0.1, 0.15) is 36.9 Å². The van der Waals surface area contributed by atoms with Gasteiger partial charge in [-0.1, -0.05) is 0 Å². The molecule has 0 bridgehead atoms. The number of rotatable bonds is 1. The third-order valence-electron chi connectivity index (χ3n) is 2.78. The molecular formula is C10H16N2S. The summed E-state index contributed by atoms with van der Waals surface area (Å²) in [6, 6.07) is 1.22. The van der Waals surface area contributed by atoms with Gasteiger partial charge in [-0.15, -0.1) is 11.3 Å². The lowest BCUT2D eigenvalue weighted by atomic mass is 9.98. The van der Waals surface area contributed by atoms with Gasteiger partial charge in [-0.3, -0.25) is 0 Å². The second kappa shape index (κ2) is 3.39. The van der Waals surface area contributed by atoms with Gasteiger partial charge in [0.2, 0.25) is 0 Å². The molecule has 0 saturated carbocycles. The van der Waals surface area contributed by atoms with Crippen molar-refractivity contribution in [2.24, 2.45) is 0 Å². The highest BCUT2D eigenvalue weighted by atomic mass is 32.1. The maximum absolute atomic E-state index is 4.56. The first kappa shape index (κ1) is 9.16. The van der Waals surface area contributed by atoms with Crippen LogP contribution in [0.2, 0.25) is 0 Å². The zero-order chi connectivity index (χ0) is 9.42. The first-order valence-corrected chi connectivity index (χ1v) is 5.73. The second-order valence-electron chi connectivity index (χ2n) is 3.99. The van der Waals surface area contributed by atoms with Crippen molar-refractivity contribution >= 4 is 11.3 Å². The maximum Gasteiger partial charge on any atom is 0.0897 e. The lowest BCUT2D eigenvalue weighted by Crippen LogP contribution is -2.26. The number of thiazole rings is 1. The van der Waals surface area contributed by atoms with E-state index in [0.717, 1.165) is 0 Å². The zero-order valence-corrected chi connectivity index (χ0v) is 9.19. The van der Waals surface area contributed by atoms with Crippen LogP contribution in [0.4, 0.5) is 0 Å². The second-order valence-corrected chi connectivity index (χ2v) is 5.05. The average Bonchev–Trinajstić information content (AvgIpc) is 2.58. The minimum Gasteiger partial charge on any atom is -0.311 e. The molecule has 1 N–H and O–H groups in total. The smallest absolute Gasteiger partial charge is 0.0897 e. The topological polar surface area (TPSA) is 24.9 Å². The van der Waals surface area contributed by atoms with E-state index in [1.807, 2.05) is 0 Å². The normalized spacial score (nSPS) is 33.9. The SMILES string of the molecule is Cc1nc(C2CC(C)NC2C)cs1. The Balaban J connectivity index is 2.17. The first-order valence-electron chi connectivity index (χ1n) is 4.85. The third kappa shape index (κ3) is 1.76. The molecular weight excluding hydrogens is 180 g/mol. The summed E-state index contributed by atoms with van der Waals surface area (Å²) in [5.41, 5.74) is 1.28. The predicted octanol–water partition coefficient (Wildman–Crippen LogP) is 2.31. The zero-order valence-electron chi connectivity index (χ0n) is 8.37. The van der Waals surface area contributed by atoms with Crippen LogP contribution in [0.3, 0.4) is 0 Å². The molecule has 3 unspecified atom stereocenters. The van der Waals surface area contributed by atoms with E-state index >= 15 is 0 Å². The van der Waals surface area contributed by atoms with Gasteiger partial charge >= 0.3 is 0 Å². The van der Waals surface area contributed by atoms with Crippen molar-refractivity contribution in [3.63, 3.8) is 0 Å². The lowest BCUT2D eigenvalue weighted by molar-refractivity contribution is 0.569. The summed E-state index contributed by atoms with van der Waals surface area (Å²) in [4.78, 5) is 4.56. The molecule has 2 heterocycles. The Kier molecular flexibility index (Phi) is 2.39. The summed E-state index contributed by atoms with van der Waals surface area (Å²) in [5, 5.41) is 6.93. The molecule has 13 heavy (non-hydrogen) atoms. The molecule has 1 aromatic rings. The van der Waals surface area contributed by atoms with Gasteiger partial charge in [-0.05, 0) is 27.2 Å². The summed E-state index contributed by atoms with van der Waals surface area (Å²) in [6.45, 7) is 6.57. The fourth-order valence-electron chi connectivity index (χ4n) is 2.15. The monoisotopic (exact) mass is 196 g/mol. The molecule has 0 aromatic carbocycles. The molecule has 1 aliphatic heterocycles. The van der Waals surface area contributed by atoms with Gasteiger partial charge in [0.15, 0.2) is 0 Å². The van der Waals surface area contributed by atoms with Crippen molar-refractivity contribution in [1.29, 1.82) is 0 Å².